The van der Waals surface area contributed by atoms with E-state index in [2.05, 4.69) is 4.90 Å². The number of methoxy groups -OCH3 is 1. The summed E-state index contributed by atoms with van der Waals surface area (Å²) in [6, 6.07) is 16.9. The minimum atomic E-state index is -0.387. The van der Waals surface area contributed by atoms with Crippen molar-refractivity contribution in [3.63, 3.8) is 0 Å². The number of carbonyl (C=O) groups excluding carboxylic acids is 1. The summed E-state index contributed by atoms with van der Waals surface area (Å²) in [4.78, 5) is 13.7. The van der Waals surface area contributed by atoms with Crippen LogP contribution in [0.5, 0.6) is 5.75 Å². The summed E-state index contributed by atoms with van der Waals surface area (Å²) in [6.07, 6.45) is 0.314. The predicted molar refractivity (Wildman–Crippen MR) is 98.2 cm³/mol. The van der Waals surface area contributed by atoms with Crippen molar-refractivity contribution >= 4 is 11.7 Å². The van der Waals surface area contributed by atoms with Gasteiger partial charge in [0.05, 0.1) is 25.3 Å². The van der Waals surface area contributed by atoms with Crippen LogP contribution in [0.2, 0.25) is 0 Å². The zero-order valence-electron chi connectivity index (χ0n) is 14.7. The third-order valence-corrected chi connectivity index (χ3v) is 3.91. The molecule has 0 bridgehead atoms. The van der Waals surface area contributed by atoms with Crippen LogP contribution in [-0.2, 0) is 4.74 Å². The summed E-state index contributed by atoms with van der Waals surface area (Å²) in [7, 11) is 1.35. The van der Waals surface area contributed by atoms with E-state index in [9.17, 15) is 9.90 Å². The molecule has 5 heteroatoms. The molecule has 0 saturated carbocycles. The summed E-state index contributed by atoms with van der Waals surface area (Å²) in [5.41, 5.74) is 1.50. The van der Waals surface area contributed by atoms with Crippen molar-refractivity contribution < 1.29 is 19.4 Å². The van der Waals surface area contributed by atoms with Crippen LogP contribution in [-0.4, -0.2) is 44.0 Å². The number of aliphatic hydroxyl groups excluding tert-OH is 1. The first-order chi connectivity index (χ1) is 12.1. The highest BCUT2D eigenvalue weighted by molar-refractivity contribution is 5.89. The van der Waals surface area contributed by atoms with Gasteiger partial charge in [-0.2, -0.15) is 0 Å². The van der Waals surface area contributed by atoms with Crippen LogP contribution < -0.4 is 9.64 Å². The minimum Gasteiger partial charge on any atom is -0.492 e. The fourth-order valence-corrected chi connectivity index (χ4v) is 2.45. The predicted octanol–water partition coefficient (Wildman–Crippen LogP) is 3.13. The molecule has 25 heavy (non-hydrogen) atoms. The first kappa shape index (κ1) is 18.8. The lowest BCUT2D eigenvalue weighted by Gasteiger charge is -2.27. The normalized spacial score (nSPS) is 11.6. The van der Waals surface area contributed by atoms with Crippen molar-refractivity contribution in [1.82, 2.24) is 0 Å². The number of rotatable bonds is 9. The van der Waals surface area contributed by atoms with E-state index in [0.29, 0.717) is 37.4 Å². The molecule has 0 spiro atoms. The van der Waals surface area contributed by atoms with E-state index < -0.39 is 0 Å². The van der Waals surface area contributed by atoms with Gasteiger partial charge in [0, 0.05) is 12.2 Å². The molecule has 0 aliphatic rings. The SMILES string of the molecule is CCC(O)CN(CCOc1cccc(C(=O)OC)c1)c1ccccc1. The lowest BCUT2D eigenvalue weighted by atomic mass is 10.2. The standard InChI is InChI=1S/C20H25NO4/c1-3-18(22)15-21(17-9-5-4-6-10-17)12-13-25-19-11-7-8-16(14-19)20(23)24-2/h4-11,14,18,22H,3,12-13,15H2,1-2H3. The summed E-state index contributed by atoms with van der Waals surface area (Å²) in [5, 5.41) is 10.00. The molecular formula is C20H25NO4. The maximum Gasteiger partial charge on any atom is 0.337 e. The molecule has 2 rings (SSSR count). The van der Waals surface area contributed by atoms with Crippen LogP contribution in [0.25, 0.3) is 0 Å². The molecule has 1 unspecified atom stereocenters. The molecule has 0 aliphatic carbocycles. The molecule has 2 aromatic carbocycles. The van der Waals surface area contributed by atoms with Crippen LogP contribution in [0.3, 0.4) is 0 Å². The van der Waals surface area contributed by atoms with Crippen molar-refractivity contribution in [2.45, 2.75) is 19.4 Å². The second kappa shape index (κ2) is 9.69. The topological polar surface area (TPSA) is 59.0 Å². The smallest absolute Gasteiger partial charge is 0.337 e. The largest absolute Gasteiger partial charge is 0.492 e. The van der Waals surface area contributed by atoms with Crippen molar-refractivity contribution in [2.75, 3.05) is 31.7 Å². The number of anilines is 1. The molecule has 2 aromatic rings. The van der Waals surface area contributed by atoms with Crippen molar-refractivity contribution in [1.29, 1.82) is 0 Å². The number of carbonyl (C=O) groups is 1. The highest BCUT2D eigenvalue weighted by atomic mass is 16.5. The molecule has 0 aliphatic heterocycles. The molecule has 5 nitrogen and oxygen atoms in total. The van der Waals surface area contributed by atoms with Crippen LogP contribution in [0.1, 0.15) is 23.7 Å². The van der Waals surface area contributed by atoms with Crippen LogP contribution in [0.15, 0.2) is 54.6 Å². The first-order valence-corrected chi connectivity index (χ1v) is 8.43. The second-order valence-corrected chi connectivity index (χ2v) is 5.71. The summed E-state index contributed by atoms with van der Waals surface area (Å²) >= 11 is 0. The molecule has 0 radical (unpaired) electrons. The van der Waals surface area contributed by atoms with E-state index in [1.807, 2.05) is 37.3 Å². The van der Waals surface area contributed by atoms with E-state index in [-0.39, 0.29) is 12.1 Å². The lowest BCUT2D eigenvalue weighted by molar-refractivity contribution is 0.0600. The van der Waals surface area contributed by atoms with Gasteiger partial charge in [0.25, 0.3) is 0 Å². The maximum atomic E-state index is 11.6. The summed E-state index contributed by atoms with van der Waals surface area (Å²) < 4.78 is 10.5. The summed E-state index contributed by atoms with van der Waals surface area (Å²) in [5.74, 6) is 0.231. The third-order valence-electron chi connectivity index (χ3n) is 3.91. The van der Waals surface area contributed by atoms with Crippen LogP contribution >= 0.6 is 0 Å². The zero-order valence-corrected chi connectivity index (χ0v) is 14.7. The van der Waals surface area contributed by atoms with E-state index in [1.165, 1.54) is 7.11 Å². The van der Waals surface area contributed by atoms with Crippen LogP contribution in [0, 0.1) is 0 Å². The van der Waals surface area contributed by atoms with E-state index in [4.69, 9.17) is 9.47 Å². The van der Waals surface area contributed by atoms with Gasteiger partial charge in [0.2, 0.25) is 0 Å². The Bertz CT molecular complexity index is 660. The number of hydrogen-bond acceptors (Lipinski definition) is 5. The van der Waals surface area contributed by atoms with Gasteiger partial charge in [0.1, 0.15) is 12.4 Å². The molecule has 0 saturated heterocycles. The number of hydrogen-bond donors (Lipinski definition) is 1. The van der Waals surface area contributed by atoms with E-state index in [1.54, 1.807) is 24.3 Å². The van der Waals surface area contributed by atoms with Gasteiger partial charge in [-0.1, -0.05) is 31.2 Å². The average molecular weight is 343 g/mol. The molecule has 0 amide bonds. The number of ether oxygens (including phenoxy) is 2. The van der Waals surface area contributed by atoms with Gasteiger partial charge in [-0.3, -0.25) is 0 Å². The highest BCUT2D eigenvalue weighted by Gasteiger charge is 2.12. The number of esters is 1. The van der Waals surface area contributed by atoms with Crippen molar-refractivity contribution in [2.24, 2.45) is 0 Å². The summed E-state index contributed by atoms with van der Waals surface area (Å²) in [6.45, 7) is 3.58. The van der Waals surface area contributed by atoms with Gasteiger partial charge in [-0.15, -0.1) is 0 Å². The minimum absolute atomic E-state index is 0.386. The van der Waals surface area contributed by atoms with Gasteiger partial charge >= 0.3 is 5.97 Å². The number of nitrogens with zero attached hydrogens (tertiary/aromatic N) is 1. The Morgan fingerprint density at radius 3 is 2.60 bits per heavy atom. The monoisotopic (exact) mass is 343 g/mol. The Morgan fingerprint density at radius 1 is 1.16 bits per heavy atom. The first-order valence-electron chi connectivity index (χ1n) is 8.43. The van der Waals surface area contributed by atoms with Crippen molar-refractivity contribution in [3.8, 4) is 5.75 Å². The van der Waals surface area contributed by atoms with Crippen LogP contribution in [0.4, 0.5) is 5.69 Å². The molecule has 134 valence electrons. The van der Waals surface area contributed by atoms with Gasteiger partial charge in [-0.25, -0.2) is 4.79 Å². The van der Waals surface area contributed by atoms with Gasteiger partial charge in [0.15, 0.2) is 0 Å². The molecule has 0 heterocycles. The molecule has 0 fully saturated rings. The molecule has 0 aromatic heterocycles. The zero-order chi connectivity index (χ0) is 18.1. The number of aliphatic hydroxyl groups is 1. The average Bonchev–Trinajstić information content (AvgIpc) is 2.67. The Morgan fingerprint density at radius 2 is 1.92 bits per heavy atom. The molecule has 1 atom stereocenters. The molecular weight excluding hydrogens is 318 g/mol. The fourth-order valence-electron chi connectivity index (χ4n) is 2.45. The van der Waals surface area contributed by atoms with E-state index >= 15 is 0 Å². The number of benzene rings is 2. The third kappa shape index (κ3) is 5.80. The Labute approximate surface area is 148 Å². The molecule has 1 N–H and O–H groups in total. The Hall–Kier alpha value is -2.53. The van der Waals surface area contributed by atoms with Crippen molar-refractivity contribution in [3.05, 3.63) is 60.2 Å². The Kier molecular flexibility index (Phi) is 7.29. The second-order valence-electron chi connectivity index (χ2n) is 5.71. The quantitative estimate of drug-likeness (QED) is 0.709. The highest BCUT2D eigenvalue weighted by Crippen LogP contribution is 2.16. The maximum absolute atomic E-state index is 11.6. The number of para-hydroxylation sites is 1. The Balaban J connectivity index is 1.97. The van der Waals surface area contributed by atoms with Gasteiger partial charge in [-0.05, 0) is 36.8 Å². The lowest BCUT2D eigenvalue weighted by Crippen LogP contribution is -2.35. The van der Waals surface area contributed by atoms with E-state index in [0.717, 1.165) is 5.69 Å². The fraction of sp³-hybridized carbons (Fsp3) is 0.350. The van der Waals surface area contributed by atoms with Gasteiger partial charge < -0.3 is 19.5 Å².